The molecule has 1 aromatic rings. The fourth-order valence-corrected chi connectivity index (χ4v) is 5.20. The van der Waals surface area contributed by atoms with E-state index < -0.39 is 20.6 Å². The normalized spacial score (nSPS) is 12.9. The minimum atomic E-state index is -4.82. The Labute approximate surface area is 126 Å². The van der Waals surface area contributed by atoms with Gasteiger partial charge in [0.1, 0.15) is 5.82 Å². The molecule has 0 saturated heterocycles. The Kier molecular flexibility index (Phi) is 7.07. The average Bonchev–Trinajstić information content (AvgIpc) is 2.32. The predicted octanol–water partition coefficient (Wildman–Crippen LogP) is 2.77. The van der Waals surface area contributed by atoms with Crippen LogP contribution in [0.3, 0.4) is 0 Å². The third kappa shape index (κ3) is 7.06. The van der Waals surface area contributed by atoms with E-state index in [1.165, 1.54) is 23.9 Å². The van der Waals surface area contributed by atoms with Crippen LogP contribution in [-0.2, 0) is 9.13 Å². The van der Waals surface area contributed by atoms with E-state index in [1.807, 2.05) is 0 Å². The van der Waals surface area contributed by atoms with E-state index >= 15 is 0 Å². The second-order valence-corrected chi connectivity index (χ2v) is 9.64. The van der Waals surface area contributed by atoms with Crippen molar-refractivity contribution >= 4 is 27.0 Å². The van der Waals surface area contributed by atoms with Gasteiger partial charge >= 0.3 is 15.2 Å². The lowest BCUT2D eigenvalue weighted by molar-refractivity contribution is 0.334. The fraction of sp³-hybridized carbons (Fsp3) is 0.455. The van der Waals surface area contributed by atoms with Crippen LogP contribution in [0.5, 0.6) is 0 Å². The highest BCUT2D eigenvalue weighted by Gasteiger charge is 2.42. The molecule has 0 spiro atoms. The molecule has 0 heterocycles. The summed E-state index contributed by atoms with van der Waals surface area (Å²) in [5.41, 5.74) is 0. The molecule has 0 aliphatic carbocycles. The molecule has 0 atom stereocenters. The van der Waals surface area contributed by atoms with E-state index in [9.17, 15) is 13.5 Å². The van der Waals surface area contributed by atoms with E-state index in [4.69, 9.17) is 19.6 Å². The van der Waals surface area contributed by atoms with Crippen molar-refractivity contribution in [1.29, 1.82) is 0 Å². The lowest BCUT2D eigenvalue weighted by atomic mass is 10.3. The van der Waals surface area contributed by atoms with Gasteiger partial charge in [-0.1, -0.05) is 6.42 Å². The Morgan fingerprint density at radius 1 is 1.00 bits per heavy atom. The monoisotopic (exact) mass is 358 g/mol. The van der Waals surface area contributed by atoms with E-state index in [0.717, 1.165) is 4.90 Å². The van der Waals surface area contributed by atoms with Gasteiger partial charge in [-0.2, -0.15) is 0 Å². The maximum Gasteiger partial charge on any atom is 0.340 e. The van der Waals surface area contributed by atoms with Crippen molar-refractivity contribution < 1.29 is 33.1 Å². The van der Waals surface area contributed by atoms with Crippen molar-refractivity contribution in [2.45, 2.75) is 29.6 Å². The highest BCUT2D eigenvalue weighted by atomic mass is 32.2. The summed E-state index contributed by atoms with van der Waals surface area (Å²) in [7, 11) is -9.64. The van der Waals surface area contributed by atoms with E-state index in [-0.39, 0.29) is 18.7 Å². The number of hydrogen-bond donors (Lipinski definition) is 4. The van der Waals surface area contributed by atoms with Gasteiger partial charge in [-0.3, -0.25) is 9.13 Å². The summed E-state index contributed by atoms with van der Waals surface area (Å²) in [5, 5.41) is -1.93. The molecule has 1 aromatic carbocycles. The molecule has 0 aromatic heterocycles. The summed E-state index contributed by atoms with van der Waals surface area (Å²) in [6.07, 6.45) is 0.589. The molecule has 0 fully saturated rings. The second kappa shape index (κ2) is 7.88. The maximum absolute atomic E-state index is 12.7. The average molecular weight is 358 g/mol. The summed E-state index contributed by atoms with van der Waals surface area (Å²) in [6.45, 7) is 0. The highest BCUT2D eigenvalue weighted by Crippen LogP contribution is 2.61. The van der Waals surface area contributed by atoms with Gasteiger partial charge in [-0.15, -0.1) is 11.8 Å². The third-order valence-corrected chi connectivity index (χ3v) is 7.69. The number of thioether (sulfide) groups is 1. The van der Waals surface area contributed by atoms with Gasteiger partial charge in [0.05, 0.1) is 0 Å². The first-order valence-corrected chi connectivity index (χ1v) is 10.4. The van der Waals surface area contributed by atoms with Crippen molar-refractivity contribution in [2.24, 2.45) is 0 Å². The lowest BCUT2D eigenvalue weighted by Gasteiger charge is -2.19. The van der Waals surface area contributed by atoms with E-state index in [0.29, 0.717) is 12.2 Å². The molecule has 0 amide bonds. The van der Waals surface area contributed by atoms with Crippen LogP contribution < -0.4 is 0 Å². The first-order chi connectivity index (χ1) is 9.60. The molecular weight excluding hydrogens is 341 g/mol. The standard InChI is InChI=1S/C11H17FO6P2S/c12-9-4-6-10(7-5-9)21-8-2-1-3-11(19(13,14)15)20(16,17)18/h4-7,11H,1-3,8H2,(H2,13,14,15)(H2,16,17,18). The molecule has 120 valence electrons. The molecule has 0 radical (unpaired) electrons. The molecule has 6 nitrogen and oxygen atoms in total. The van der Waals surface area contributed by atoms with Gasteiger partial charge in [0.25, 0.3) is 0 Å². The minimum absolute atomic E-state index is 0.238. The van der Waals surface area contributed by atoms with Crippen LogP contribution in [-0.4, -0.2) is 30.7 Å². The van der Waals surface area contributed by atoms with Crippen LogP contribution >= 0.6 is 27.0 Å². The maximum atomic E-state index is 12.7. The Hall–Kier alpha value is -0.200. The van der Waals surface area contributed by atoms with Crippen LogP contribution in [0, 0.1) is 5.82 Å². The zero-order valence-electron chi connectivity index (χ0n) is 11.0. The quantitative estimate of drug-likeness (QED) is 0.321. The van der Waals surface area contributed by atoms with Crippen LogP contribution in [0.15, 0.2) is 29.2 Å². The Morgan fingerprint density at radius 3 is 2.00 bits per heavy atom. The summed E-state index contributed by atoms with van der Waals surface area (Å²) in [6, 6.07) is 5.90. The summed E-state index contributed by atoms with van der Waals surface area (Å²) in [5.74, 6) is 0.284. The molecule has 0 saturated carbocycles. The Morgan fingerprint density at radius 2 is 1.52 bits per heavy atom. The molecule has 4 N–H and O–H groups in total. The minimum Gasteiger partial charge on any atom is -0.324 e. The topological polar surface area (TPSA) is 115 Å². The summed E-state index contributed by atoms with van der Waals surface area (Å²) < 4.78 is 34.8. The van der Waals surface area contributed by atoms with Gasteiger partial charge in [0.2, 0.25) is 0 Å². The molecule has 21 heavy (non-hydrogen) atoms. The van der Waals surface area contributed by atoms with Crippen molar-refractivity contribution in [3.05, 3.63) is 30.1 Å². The summed E-state index contributed by atoms with van der Waals surface area (Å²) in [4.78, 5) is 36.7. The fourth-order valence-electron chi connectivity index (χ4n) is 1.68. The molecular formula is C11H17FO6P2S. The first kappa shape index (κ1) is 18.8. The third-order valence-electron chi connectivity index (χ3n) is 2.72. The number of halogens is 1. The van der Waals surface area contributed by atoms with Gasteiger partial charge in [0.15, 0.2) is 5.40 Å². The molecule has 0 unspecified atom stereocenters. The molecule has 0 aliphatic heterocycles. The van der Waals surface area contributed by atoms with Crippen molar-refractivity contribution in [2.75, 3.05) is 5.75 Å². The number of hydrogen-bond acceptors (Lipinski definition) is 3. The van der Waals surface area contributed by atoms with Crippen molar-refractivity contribution in [1.82, 2.24) is 0 Å². The molecule has 1 rings (SSSR count). The predicted molar refractivity (Wildman–Crippen MR) is 78.9 cm³/mol. The van der Waals surface area contributed by atoms with Crippen LogP contribution in [0.2, 0.25) is 0 Å². The summed E-state index contributed by atoms with van der Waals surface area (Å²) >= 11 is 1.44. The van der Waals surface area contributed by atoms with Gasteiger partial charge in [-0.05, 0) is 42.9 Å². The smallest absolute Gasteiger partial charge is 0.324 e. The van der Waals surface area contributed by atoms with Gasteiger partial charge < -0.3 is 19.6 Å². The highest BCUT2D eigenvalue weighted by molar-refractivity contribution is 7.99. The number of rotatable bonds is 8. The van der Waals surface area contributed by atoms with E-state index in [2.05, 4.69) is 0 Å². The SMILES string of the molecule is O=P(O)(O)C(CCCCSc1ccc(F)cc1)P(=O)(O)O. The lowest BCUT2D eigenvalue weighted by Crippen LogP contribution is -2.09. The second-order valence-electron chi connectivity index (χ2n) is 4.46. The van der Waals surface area contributed by atoms with Crippen LogP contribution in [0.25, 0.3) is 0 Å². The zero-order chi connectivity index (χ0) is 16.1. The van der Waals surface area contributed by atoms with E-state index in [1.54, 1.807) is 12.1 Å². The zero-order valence-corrected chi connectivity index (χ0v) is 13.6. The Bertz CT molecular complexity index is 518. The largest absolute Gasteiger partial charge is 0.340 e. The van der Waals surface area contributed by atoms with Crippen molar-refractivity contribution in [3.8, 4) is 0 Å². The van der Waals surface area contributed by atoms with Gasteiger partial charge in [0, 0.05) is 4.90 Å². The van der Waals surface area contributed by atoms with Crippen LogP contribution in [0.4, 0.5) is 4.39 Å². The first-order valence-electron chi connectivity index (χ1n) is 6.09. The van der Waals surface area contributed by atoms with Gasteiger partial charge in [-0.25, -0.2) is 4.39 Å². The molecule has 0 bridgehead atoms. The number of unbranched alkanes of at least 4 members (excludes halogenated alkanes) is 1. The number of benzene rings is 1. The molecule has 0 aliphatic rings. The Balaban J connectivity index is 2.37. The molecule has 10 heteroatoms. The van der Waals surface area contributed by atoms with Crippen LogP contribution in [0.1, 0.15) is 19.3 Å². The van der Waals surface area contributed by atoms with Crippen molar-refractivity contribution in [3.63, 3.8) is 0 Å².